The third kappa shape index (κ3) is 2.35. The standard InChI is InChI=1S/C11H10F3N3O/c12-7-4-3-6(9(13)10(7)14)11-16-8(18-17-11)2-1-5-15/h3-4H,1-2,5,15H2. The third-order valence-electron chi connectivity index (χ3n) is 2.34. The average molecular weight is 257 g/mol. The second-order valence-corrected chi connectivity index (χ2v) is 3.63. The van der Waals surface area contributed by atoms with Gasteiger partial charge in [-0.15, -0.1) is 0 Å². The van der Waals surface area contributed by atoms with Gasteiger partial charge in [-0.05, 0) is 25.1 Å². The van der Waals surface area contributed by atoms with Crippen molar-refractivity contribution < 1.29 is 17.7 Å². The maximum atomic E-state index is 13.5. The minimum Gasteiger partial charge on any atom is -0.339 e. The lowest BCUT2D eigenvalue weighted by atomic mass is 10.2. The van der Waals surface area contributed by atoms with Crippen molar-refractivity contribution >= 4 is 0 Å². The largest absolute Gasteiger partial charge is 0.339 e. The van der Waals surface area contributed by atoms with Gasteiger partial charge in [-0.25, -0.2) is 13.2 Å². The fraction of sp³-hybridized carbons (Fsp3) is 0.273. The van der Waals surface area contributed by atoms with Gasteiger partial charge in [-0.2, -0.15) is 4.98 Å². The highest BCUT2D eigenvalue weighted by atomic mass is 19.2. The minimum atomic E-state index is -1.55. The first-order valence-electron chi connectivity index (χ1n) is 5.30. The van der Waals surface area contributed by atoms with Gasteiger partial charge in [0.05, 0.1) is 5.56 Å². The fourth-order valence-corrected chi connectivity index (χ4v) is 1.42. The normalized spacial score (nSPS) is 10.9. The number of aromatic nitrogens is 2. The number of hydrogen-bond donors (Lipinski definition) is 1. The van der Waals surface area contributed by atoms with E-state index in [1.54, 1.807) is 0 Å². The maximum absolute atomic E-state index is 13.5. The van der Waals surface area contributed by atoms with Crippen molar-refractivity contribution in [1.29, 1.82) is 0 Å². The molecule has 0 atom stereocenters. The number of halogens is 3. The molecule has 0 unspecified atom stereocenters. The molecule has 18 heavy (non-hydrogen) atoms. The SMILES string of the molecule is NCCCc1nc(-c2ccc(F)c(F)c2F)no1. The lowest BCUT2D eigenvalue weighted by molar-refractivity contribution is 0.376. The van der Waals surface area contributed by atoms with E-state index in [1.165, 1.54) is 0 Å². The van der Waals surface area contributed by atoms with Crippen LogP contribution in [0.2, 0.25) is 0 Å². The van der Waals surface area contributed by atoms with Crippen LogP contribution < -0.4 is 5.73 Å². The van der Waals surface area contributed by atoms with E-state index in [2.05, 4.69) is 10.1 Å². The molecule has 0 saturated heterocycles. The van der Waals surface area contributed by atoms with Crippen LogP contribution in [0.4, 0.5) is 13.2 Å². The van der Waals surface area contributed by atoms with Gasteiger partial charge >= 0.3 is 0 Å². The lowest BCUT2D eigenvalue weighted by Crippen LogP contribution is -2.00. The minimum absolute atomic E-state index is 0.113. The predicted octanol–water partition coefficient (Wildman–Crippen LogP) is 2.05. The van der Waals surface area contributed by atoms with Gasteiger partial charge in [0.25, 0.3) is 0 Å². The van der Waals surface area contributed by atoms with Crippen molar-refractivity contribution in [3.05, 3.63) is 35.5 Å². The Balaban J connectivity index is 2.31. The molecule has 0 amide bonds. The molecule has 0 spiro atoms. The highest BCUT2D eigenvalue weighted by Crippen LogP contribution is 2.23. The topological polar surface area (TPSA) is 64.9 Å². The highest BCUT2D eigenvalue weighted by molar-refractivity contribution is 5.55. The molecule has 2 aromatic rings. The Morgan fingerprint density at radius 1 is 1.17 bits per heavy atom. The Labute approximate surface area is 101 Å². The van der Waals surface area contributed by atoms with Crippen LogP contribution in [0.1, 0.15) is 12.3 Å². The lowest BCUT2D eigenvalue weighted by Gasteiger charge is -1.99. The summed E-state index contributed by atoms with van der Waals surface area (Å²) in [6.45, 7) is 0.456. The fourth-order valence-electron chi connectivity index (χ4n) is 1.42. The van der Waals surface area contributed by atoms with Gasteiger partial charge in [0.1, 0.15) is 0 Å². The van der Waals surface area contributed by atoms with Gasteiger partial charge in [-0.3, -0.25) is 0 Å². The molecule has 1 heterocycles. The number of benzene rings is 1. The van der Waals surface area contributed by atoms with Crippen molar-refractivity contribution in [3.63, 3.8) is 0 Å². The van der Waals surface area contributed by atoms with Crippen LogP contribution in [0.15, 0.2) is 16.7 Å². The summed E-state index contributed by atoms with van der Waals surface area (Å²) in [5.74, 6) is -3.98. The van der Waals surface area contributed by atoms with E-state index in [9.17, 15) is 13.2 Å². The summed E-state index contributed by atoms with van der Waals surface area (Å²) in [6.07, 6.45) is 1.09. The first-order valence-corrected chi connectivity index (χ1v) is 5.30. The van der Waals surface area contributed by atoms with Crippen LogP contribution in [-0.2, 0) is 6.42 Å². The summed E-state index contributed by atoms with van der Waals surface area (Å²) < 4.78 is 44.1. The van der Waals surface area contributed by atoms with E-state index >= 15 is 0 Å². The second-order valence-electron chi connectivity index (χ2n) is 3.63. The smallest absolute Gasteiger partial charge is 0.227 e. The van der Waals surface area contributed by atoms with Gasteiger partial charge < -0.3 is 10.3 Å². The Kier molecular flexibility index (Phi) is 3.61. The Bertz CT molecular complexity index is 556. The van der Waals surface area contributed by atoms with Crippen LogP contribution >= 0.6 is 0 Å². The molecular formula is C11H10F3N3O. The first-order chi connectivity index (χ1) is 8.63. The van der Waals surface area contributed by atoms with Crippen molar-refractivity contribution in [2.24, 2.45) is 5.73 Å². The number of hydrogen-bond acceptors (Lipinski definition) is 4. The summed E-state index contributed by atoms with van der Waals surface area (Å²) in [6, 6.07) is 1.87. The average Bonchev–Trinajstić information content (AvgIpc) is 2.82. The predicted molar refractivity (Wildman–Crippen MR) is 57.0 cm³/mol. The number of nitrogens with two attached hydrogens (primary N) is 1. The van der Waals surface area contributed by atoms with Gasteiger partial charge in [-0.1, -0.05) is 5.16 Å². The number of aryl methyl sites for hydroxylation is 1. The molecule has 0 aliphatic rings. The molecule has 1 aromatic carbocycles. The summed E-state index contributed by atoms with van der Waals surface area (Å²) in [5.41, 5.74) is 5.07. The second kappa shape index (κ2) is 5.18. The van der Waals surface area contributed by atoms with E-state index < -0.39 is 17.5 Å². The monoisotopic (exact) mass is 257 g/mol. The van der Waals surface area contributed by atoms with E-state index in [1.807, 2.05) is 0 Å². The summed E-state index contributed by atoms with van der Waals surface area (Å²) in [4.78, 5) is 3.89. The van der Waals surface area contributed by atoms with Crippen LogP contribution in [0.25, 0.3) is 11.4 Å². The zero-order valence-corrected chi connectivity index (χ0v) is 9.29. The Hall–Kier alpha value is -1.89. The van der Waals surface area contributed by atoms with Crippen molar-refractivity contribution in [3.8, 4) is 11.4 Å². The molecule has 1 aromatic heterocycles. The van der Waals surface area contributed by atoms with E-state index in [0.29, 0.717) is 19.4 Å². The van der Waals surface area contributed by atoms with Gasteiger partial charge in [0.15, 0.2) is 17.5 Å². The summed E-state index contributed by atoms with van der Waals surface area (Å²) in [5, 5.41) is 3.51. The summed E-state index contributed by atoms with van der Waals surface area (Å²) in [7, 11) is 0. The van der Waals surface area contributed by atoms with Crippen LogP contribution in [0, 0.1) is 17.5 Å². The van der Waals surface area contributed by atoms with Crippen LogP contribution in [0.3, 0.4) is 0 Å². The van der Waals surface area contributed by atoms with Crippen molar-refractivity contribution in [2.75, 3.05) is 6.54 Å². The molecule has 0 aliphatic carbocycles. The molecule has 0 fully saturated rings. The molecule has 96 valence electrons. The van der Waals surface area contributed by atoms with Gasteiger partial charge in [0.2, 0.25) is 11.7 Å². The Morgan fingerprint density at radius 3 is 2.67 bits per heavy atom. The van der Waals surface area contributed by atoms with Crippen molar-refractivity contribution in [1.82, 2.24) is 10.1 Å². The molecule has 0 bridgehead atoms. The van der Waals surface area contributed by atoms with E-state index in [-0.39, 0.29) is 17.3 Å². The zero-order chi connectivity index (χ0) is 13.1. The van der Waals surface area contributed by atoms with Crippen LogP contribution in [-0.4, -0.2) is 16.7 Å². The maximum Gasteiger partial charge on any atom is 0.227 e. The molecule has 2 rings (SSSR count). The third-order valence-corrected chi connectivity index (χ3v) is 2.34. The molecule has 0 radical (unpaired) electrons. The molecule has 0 aliphatic heterocycles. The Morgan fingerprint density at radius 2 is 1.94 bits per heavy atom. The molecular weight excluding hydrogens is 247 g/mol. The molecule has 2 N–H and O–H groups in total. The quantitative estimate of drug-likeness (QED) is 0.851. The molecule has 7 heteroatoms. The number of rotatable bonds is 4. The highest BCUT2D eigenvalue weighted by Gasteiger charge is 2.18. The van der Waals surface area contributed by atoms with Gasteiger partial charge in [0, 0.05) is 6.42 Å². The van der Waals surface area contributed by atoms with Crippen LogP contribution in [0.5, 0.6) is 0 Å². The van der Waals surface area contributed by atoms with Crippen molar-refractivity contribution in [2.45, 2.75) is 12.8 Å². The molecule has 0 saturated carbocycles. The van der Waals surface area contributed by atoms with E-state index in [4.69, 9.17) is 10.3 Å². The summed E-state index contributed by atoms with van der Waals surface area (Å²) >= 11 is 0. The zero-order valence-electron chi connectivity index (χ0n) is 9.29. The first kappa shape index (κ1) is 12.6. The molecule has 4 nitrogen and oxygen atoms in total. The van der Waals surface area contributed by atoms with E-state index in [0.717, 1.165) is 12.1 Å². The number of nitrogens with zero attached hydrogens (tertiary/aromatic N) is 2.